The molecule has 0 aromatic heterocycles. The summed E-state index contributed by atoms with van der Waals surface area (Å²) >= 11 is 0. The van der Waals surface area contributed by atoms with E-state index in [0.29, 0.717) is 33.8 Å². The minimum Gasteiger partial charge on any atom is -0.504 e. The quantitative estimate of drug-likeness (QED) is 0.379. The summed E-state index contributed by atoms with van der Waals surface area (Å²) in [5.41, 5.74) is 1.99. The Morgan fingerprint density at radius 1 is 0.829 bits per heavy atom. The molecular weight excluding hydrogens is 532 g/mol. The molecule has 0 fully saturated rings. The molecule has 1 N–H and O–H groups in total. The highest BCUT2D eigenvalue weighted by Gasteiger charge is 2.44. The highest BCUT2D eigenvalue weighted by Crippen LogP contribution is 2.60. The molecule has 1 aliphatic heterocycles. The smallest absolute Gasteiger partial charge is 0.338 e. The zero-order valence-corrected chi connectivity index (χ0v) is 23.7. The van der Waals surface area contributed by atoms with Gasteiger partial charge in [0.1, 0.15) is 12.2 Å². The summed E-state index contributed by atoms with van der Waals surface area (Å²) in [5.74, 6) is -0.858. The molecule has 0 spiro atoms. The molecule has 1 heterocycles. The maximum absolute atomic E-state index is 13.4. The molecule has 2 aliphatic rings. The number of hydrogen-bond donors (Lipinski definition) is 1. The second kappa shape index (κ2) is 11.1. The van der Waals surface area contributed by atoms with E-state index < -0.39 is 36.0 Å². The van der Waals surface area contributed by atoms with Gasteiger partial charge in [-0.3, -0.25) is 4.79 Å². The Hall–Kier alpha value is -4.60. The average molecular weight is 565 g/mol. The Kier molecular flexibility index (Phi) is 7.57. The predicted molar refractivity (Wildman–Crippen MR) is 147 cm³/mol. The third-order valence-electron chi connectivity index (χ3n) is 7.71. The fraction of sp³-hybridized carbons (Fsp3) is 0.355. The molecule has 1 aliphatic carbocycles. The van der Waals surface area contributed by atoms with Gasteiger partial charge < -0.3 is 38.3 Å². The molecule has 10 heteroatoms. The Morgan fingerprint density at radius 3 is 2.07 bits per heavy atom. The van der Waals surface area contributed by atoms with E-state index in [4.69, 9.17) is 33.2 Å². The molecule has 0 radical (unpaired) electrons. The van der Waals surface area contributed by atoms with Crippen LogP contribution in [0.2, 0.25) is 0 Å². The van der Waals surface area contributed by atoms with Gasteiger partial charge in [0.2, 0.25) is 18.3 Å². The number of benzene rings is 3. The molecule has 0 saturated carbocycles. The van der Waals surface area contributed by atoms with E-state index in [9.17, 15) is 14.7 Å². The third-order valence-corrected chi connectivity index (χ3v) is 7.71. The first kappa shape index (κ1) is 27.9. The number of rotatable bonds is 6. The second-order valence-corrected chi connectivity index (χ2v) is 9.97. The fourth-order valence-electron chi connectivity index (χ4n) is 5.59. The van der Waals surface area contributed by atoms with E-state index in [1.807, 2.05) is 19.9 Å². The summed E-state index contributed by atoms with van der Waals surface area (Å²) in [4.78, 5) is 25.9. The van der Waals surface area contributed by atoms with Gasteiger partial charge >= 0.3 is 11.9 Å². The molecule has 4 atom stereocenters. The molecule has 41 heavy (non-hydrogen) atoms. The van der Waals surface area contributed by atoms with Gasteiger partial charge in [-0.2, -0.15) is 0 Å². The molecule has 0 saturated heterocycles. The number of phenols is 1. The second-order valence-electron chi connectivity index (χ2n) is 9.97. The number of carbonyl (C=O) groups excluding carboxylic acids is 2. The standard InChI is InChI=1S/C31H32O10/c1-15-16(2)27(41-31(34)18-10-8-7-9-11-18)20-13-22-29(39-14-38-22)30(37-6)24(20)23-19(26(15)40-17(3)32)12-21(35-4)28(36-5)25(23)33/h7-13,15-16,26-27,33H,14H2,1-6H3/t15-,16-,26+,27+/m1/s1. The molecule has 5 rings (SSSR count). The number of hydrogen-bond acceptors (Lipinski definition) is 10. The third kappa shape index (κ3) is 4.73. The predicted octanol–water partition coefficient (Wildman–Crippen LogP) is 5.60. The van der Waals surface area contributed by atoms with Crippen molar-refractivity contribution in [1.29, 1.82) is 0 Å². The van der Waals surface area contributed by atoms with Crippen LogP contribution in [0.4, 0.5) is 0 Å². The SMILES string of the molecule is COc1cc2c(c(O)c1OC)-c1c(cc3c(c1OC)OCO3)[C@@H](OC(=O)c1ccccc1)[C@H](C)[C@@H](C)[C@@H]2OC(C)=O. The van der Waals surface area contributed by atoms with Gasteiger partial charge in [-0.15, -0.1) is 0 Å². The molecular formula is C31H32O10. The van der Waals surface area contributed by atoms with Gasteiger partial charge in [0.15, 0.2) is 23.0 Å². The van der Waals surface area contributed by atoms with Crippen molar-refractivity contribution in [1.82, 2.24) is 0 Å². The molecule has 10 nitrogen and oxygen atoms in total. The average Bonchev–Trinajstić information content (AvgIpc) is 3.45. The van der Waals surface area contributed by atoms with Crippen LogP contribution >= 0.6 is 0 Å². The number of methoxy groups -OCH3 is 3. The van der Waals surface area contributed by atoms with Gasteiger partial charge in [-0.05, 0) is 24.3 Å². The first-order chi connectivity index (χ1) is 19.7. The normalized spacial score (nSPS) is 20.5. The van der Waals surface area contributed by atoms with E-state index in [1.54, 1.807) is 36.4 Å². The first-order valence-electron chi connectivity index (χ1n) is 13.1. The lowest BCUT2D eigenvalue weighted by molar-refractivity contribution is -0.151. The number of esters is 2. The van der Waals surface area contributed by atoms with Gasteiger partial charge in [0, 0.05) is 41.0 Å². The molecule has 0 unspecified atom stereocenters. The summed E-state index contributed by atoms with van der Waals surface area (Å²) in [7, 11) is 4.32. The van der Waals surface area contributed by atoms with Crippen LogP contribution in [-0.2, 0) is 14.3 Å². The molecule has 3 aromatic rings. The summed E-state index contributed by atoms with van der Waals surface area (Å²) in [6, 6.07) is 12.1. The highest BCUT2D eigenvalue weighted by atomic mass is 16.7. The van der Waals surface area contributed by atoms with Crippen molar-refractivity contribution in [3.05, 3.63) is 59.2 Å². The van der Waals surface area contributed by atoms with Crippen molar-refractivity contribution >= 4 is 11.9 Å². The Balaban J connectivity index is 1.87. The lowest BCUT2D eigenvalue weighted by atomic mass is 9.74. The topological polar surface area (TPSA) is 119 Å². The van der Waals surface area contributed by atoms with E-state index in [2.05, 4.69) is 0 Å². The van der Waals surface area contributed by atoms with Crippen LogP contribution < -0.4 is 23.7 Å². The lowest BCUT2D eigenvalue weighted by Crippen LogP contribution is -2.31. The molecule has 0 bridgehead atoms. The maximum atomic E-state index is 13.4. The van der Waals surface area contributed by atoms with Crippen LogP contribution in [0.15, 0.2) is 42.5 Å². The van der Waals surface area contributed by atoms with Crippen LogP contribution in [0.25, 0.3) is 11.1 Å². The largest absolute Gasteiger partial charge is 0.504 e. The van der Waals surface area contributed by atoms with Gasteiger partial charge in [-0.1, -0.05) is 32.0 Å². The Labute approximate surface area is 237 Å². The maximum Gasteiger partial charge on any atom is 0.338 e. The van der Waals surface area contributed by atoms with Gasteiger partial charge in [0.05, 0.1) is 26.9 Å². The lowest BCUT2D eigenvalue weighted by Gasteiger charge is -2.38. The number of carbonyl (C=O) groups is 2. The van der Waals surface area contributed by atoms with Crippen LogP contribution in [0.3, 0.4) is 0 Å². The zero-order valence-electron chi connectivity index (χ0n) is 23.7. The van der Waals surface area contributed by atoms with Crippen LogP contribution in [0, 0.1) is 11.8 Å². The van der Waals surface area contributed by atoms with Crippen LogP contribution in [0.5, 0.6) is 34.5 Å². The van der Waals surface area contributed by atoms with Crippen molar-refractivity contribution in [2.45, 2.75) is 33.0 Å². The Morgan fingerprint density at radius 2 is 1.46 bits per heavy atom. The minimum absolute atomic E-state index is 0.0458. The monoisotopic (exact) mass is 564 g/mol. The van der Waals surface area contributed by atoms with E-state index >= 15 is 0 Å². The highest BCUT2D eigenvalue weighted by molar-refractivity contribution is 5.91. The Bertz CT molecular complexity index is 1480. The fourth-order valence-corrected chi connectivity index (χ4v) is 5.59. The summed E-state index contributed by atoms with van der Waals surface area (Å²) in [6.07, 6.45) is -1.75. The van der Waals surface area contributed by atoms with Gasteiger partial charge in [0.25, 0.3) is 0 Å². The van der Waals surface area contributed by atoms with E-state index in [0.717, 1.165) is 0 Å². The van der Waals surface area contributed by atoms with Gasteiger partial charge in [-0.25, -0.2) is 4.79 Å². The van der Waals surface area contributed by atoms with Crippen molar-refractivity contribution in [2.24, 2.45) is 11.8 Å². The summed E-state index contributed by atoms with van der Waals surface area (Å²) < 4.78 is 40.6. The number of aromatic hydroxyl groups is 1. The van der Waals surface area contributed by atoms with Crippen molar-refractivity contribution < 1.29 is 47.9 Å². The summed E-state index contributed by atoms with van der Waals surface area (Å²) in [6.45, 7) is 5.08. The van der Waals surface area contributed by atoms with Crippen LogP contribution in [-0.4, -0.2) is 45.2 Å². The molecule has 3 aromatic carbocycles. The van der Waals surface area contributed by atoms with Crippen molar-refractivity contribution in [3.63, 3.8) is 0 Å². The number of phenolic OH excluding ortho intramolecular Hbond substituents is 1. The van der Waals surface area contributed by atoms with E-state index in [-0.39, 0.29) is 35.4 Å². The van der Waals surface area contributed by atoms with Crippen molar-refractivity contribution in [2.75, 3.05) is 28.1 Å². The molecule has 0 amide bonds. The number of fused-ring (bicyclic) bond motifs is 4. The minimum atomic E-state index is -0.880. The van der Waals surface area contributed by atoms with Crippen LogP contribution in [0.1, 0.15) is 54.5 Å². The number of ether oxygens (including phenoxy) is 7. The van der Waals surface area contributed by atoms with E-state index in [1.165, 1.54) is 28.3 Å². The molecule has 216 valence electrons. The first-order valence-corrected chi connectivity index (χ1v) is 13.1. The van der Waals surface area contributed by atoms with Crippen molar-refractivity contribution in [3.8, 4) is 45.6 Å². The zero-order chi connectivity index (χ0) is 29.4. The summed E-state index contributed by atoms with van der Waals surface area (Å²) in [5, 5.41) is 11.7.